The van der Waals surface area contributed by atoms with Gasteiger partial charge < -0.3 is 9.64 Å². The first kappa shape index (κ1) is 11.1. The van der Waals surface area contributed by atoms with Crippen LogP contribution in [0.5, 0.6) is 0 Å². The van der Waals surface area contributed by atoms with Crippen LogP contribution in [0, 0.1) is 0 Å². The first-order valence-corrected chi connectivity index (χ1v) is 5.34. The molecule has 0 heterocycles. The van der Waals surface area contributed by atoms with Crippen LogP contribution in [0.1, 0.15) is 32.6 Å². The quantitative estimate of drug-likeness (QED) is 0.648. The summed E-state index contributed by atoms with van der Waals surface area (Å²) in [5.74, 6) is 0. The molecule has 1 fully saturated rings. The highest BCUT2D eigenvalue weighted by molar-refractivity contribution is 5.68. The molecule has 0 atom stereocenters. The number of carbonyl (C=O) groups is 1. The van der Waals surface area contributed by atoms with Crippen molar-refractivity contribution < 1.29 is 9.53 Å². The van der Waals surface area contributed by atoms with Crippen LogP contribution in [0.2, 0.25) is 0 Å². The molecule has 3 heteroatoms. The smallest absolute Gasteiger partial charge is 0.410 e. The molecule has 0 aliphatic heterocycles. The summed E-state index contributed by atoms with van der Waals surface area (Å²) in [6.07, 6.45) is 6.21. The molecule has 0 aromatic heterocycles. The minimum atomic E-state index is -0.195. The van der Waals surface area contributed by atoms with Crippen LogP contribution < -0.4 is 0 Å². The van der Waals surface area contributed by atoms with Gasteiger partial charge in [0.25, 0.3) is 0 Å². The highest BCUT2D eigenvalue weighted by Crippen LogP contribution is 2.23. The molecular formula is C11H19NO2. The summed E-state index contributed by atoms with van der Waals surface area (Å²) < 4.78 is 5.01. The minimum absolute atomic E-state index is 0.195. The van der Waals surface area contributed by atoms with Gasteiger partial charge in [0.15, 0.2) is 0 Å². The van der Waals surface area contributed by atoms with Gasteiger partial charge in [-0.2, -0.15) is 0 Å². The normalized spacial score (nSPS) is 16.6. The number of hydrogen-bond acceptors (Lipinski definition) is 2. The molecule has 0 aromatic carbocycles. The largest absolute Gasteiger partial charge is 0.450 e. The van der Waals surface area contributed by atoms with E-state index in [0.717, 1.165) is 12.8 Å². The van der Waals surface area contributed by atoms with E-state index in [1.165, 1.54) is 12.8 Å². The van der Waals surface area contributed by atoms with Crippen LogP contribution in [0.15, 0.2) is 12.7 Å². The third-order valence-electron chi connectivity index (χ3n) is 2.59. The van der Waals surface area contributed by atoms with Crippen LogP contribution in [0.25, 0.3) is 0 Å². The maximum Gasteiger partial charge on any atom is 0.410 e. The van der Waals surface area contributed by atoms with Crippen molar-refractivity contribution in [2.45, 2.75) is 38.6 Å². The summed E-state index contributed by atoms with van der Waals surface area (Å²) in [4.78, 5) is 13.4. The molecule has 0 unspecified atom stereocenters. The third kappa shape index (κ3) is 2.76. The van der Waals surface area contributed by atoms with E-state index in [4.69, 9.17) is 4.74 Å². The van der Waals surface area contributed by atoms with Crippen molar-refractivity contribution in [3.63, 3.8) is 0 Å². The van der Waals surface area contributed by atoms with E-state index in [2.05, 4.69) is 6.58 Å². The molecule has 1 rings (SSSR count). The highest BCUT2D eigenvalue weighted by Gasteiger charge is 2.26. The van der Waals surface area contributed by atoms with E-state index >= 15 is 0 Å². The molecular weight excluding hydrogens is 178 g/mol. The van der Waals surface area contributed by atoms with Gasteiger partial charge in [0.1, 0.15) is 0 Å². The second-order valence-electron chi connectivity index (χ2n) is 3.58. The molecule has 1 amide bonds. The Morgan fingerprint density at radius 3 is 2.71 bits per heavy atom. The van der Waals surface area contributed by atoms with E-state index in [9.17, 15) is 4.79 Å². The van der Waals surface area contributed by atoms with Crippen molar-refractivity contribution in [1.29, 1.82) is 0 Å². The Morgan fingerprint density at radius 1 is 1.57 bits per heavy atom. The van der Waals surface area contributed by atoms with Crippen molar-refractivity contribution in [1.82, 2.24) is 4.90 Å². The molecule has 14 heavy (non-hydrogen) atoms. The average molecular weight is 197 g/mol. The fourth-order valence-electron chi connectivity index (χ4n) is 1.93. The van der Waals surface area contributed by atoms with Gasteiger partial charge in [-0.1, -0.05) is 18.9 Å². The lowest BCUT2D eigenvalue weighted by Crippen LogP contribution is -2.39. The van der Waals surface area contributed by atoms with Crippen LogP contribution >= 0.6 is 0 Å². The van der Waals surface area contributed by atoms with Crippen molar-refractivity contribution in [3.8, 4) is 0 Å². The van der Waals surface area contributed by atoms with E-state index in [0.29, 0.717) is 19.2 Å². The van der Waals surface area contributed by atoms with Crippen molar-refractivity contribution in [2.75, 3.05) is 13.2 Å². The van der Waals surface area contributed by atoms with Crippen LogP contribution in [-0.2, 0) is 4.74 Å². The standard InChI is InChI=1S/C11H19NO2/c1-3-9-12(11(13)14-4-2)10-7-5-6-8-10/h3,10H,1,4-9H2,2H3. The molecule has 0 saturated heterocycles. The molecule has 0 spiro atoms. The Balaban J connectivity index is 2.52. The SMILES string of the molecule is C=CCN(C(=O)OCC)C1CCCC1. The summed E-state index contributed by atoms with van der Waals surface area (Å²) in [6, 6.07) is 0.368. The molecule has 0 bridgehead atoms. The number of nitrogens with zero attached hydrogens (tertiary/aromatic N) is 1. The Labute approximate surface area is 85.7 Å². The summed E-state index contributed by atoms with van der Waals surface area (Å²) in [6.45, 7) is 6.54. The number of carbonyl (C=O) groups excluding carboxylic acids is 1. The number of amides is 1. The molecule has 0 radical (unpaired) electrons. The monoisotopic (exact) mass is 197 g/mol. The van der Waals surface area contributed by atoms with Gasteiger partial charge in [0, 0.05) is 12.6 Å². The van der Waals surface area contributed by atoms with E-state index in [1.54, 1.807) is 11.0 Å². The number of rotatable bonds is 4. The number of hydrogen-bond donors (Lipinski definition) is 0. The molecule has 3 nitrogen and oxygen atoms in total. The zero-order valence-electron chi connectivity index (χ0n) is 8.87. The molecule has 80 valence electrons. The van der Waals surface area contributed by atoms with E-state index in [-0.39, 0.29) is 6.09 Å². The van der Waals surface area contributed by atoms with Gasteiger partial charge in [-0.15, -0.1) is 6.58 Å². The Morgan fingerprint density at radius 2 is 2.21 bits per heavy atom. The van der Waals surface area contributed by atoms with Gasteiger partial charge in [-0.05, 0) is 19.8 Å². The predicted octanol–water partition coefficient (Wildman–Crippen LogP) is 2.57. The lowest BCUT2D eigenvalue weighted by molar-refractivity contribution is 0.0961. The fraction of sp³-hybridized carbons (Fsp3) is 0.727. The second kappa shape index (κ2) is 5.68. The summed E-state index contributed by atoms with van der Waals surface area (Å²) >= 11 is 0. The van der Waals surface area contributed by atoms with Crippen LogP contribution in [-0.4, -0.2) is 30.2 Å². The topological polar surface area (TPSA) is 29.5 Å². The predicted molar refractivity (Wildman–Crippen MR) is 56.2 cm³/mol. The van der Waals surface area contributed by atoms with Gasteiger partial charge in [-0.3, -0.25) is 0 Å². The minimum Gasteiger partial charge on any atom is -0.450 e. The van der Waals surface area contributed by atoms with Gasteiger partial charge >= 0.3 is 6.09 Å². The van der Waals surface area contributed by atoms with Gasteiger partial charge in [-0.25, -0.2) is 4.79 Å². The van der Waals surface area contributed by atoms with Gasteiger partial charge in [0.2, 0.25) is 0 Å². The van der Waals surface area contributed by atoms with E-state index < -0.39 is 0 Å². The molecule has 1 aliphatic rings. The van der Waals surface area contributed by atoms with E-state index in [1.807, 2.05) is 6.92 Å². The Kier molecular flexibility index (Phi) is 4.50. The molecule has 1 saturated carbocycles. The maximum atomic E-state index is 11.6. The van der Waals surface area contributed by atoms with Crippen molar-refractivity contribution in [3.05, 3.63) is 12.7 Å². The number of ether oxygens (including phenoxy) is 1. The summed E-state index contributed by atoms with van der Waals surface area (Å²) in [5, 5.41) is 0. The zero-order chi connectivity index (χ0) is 10.4. The lowest BCUT2D eigenvalue weighted by Gasteiger charge is -2.26. The molecule has 1 aliphatic carbocycles. The maximum absolute atomic E-state index is 11.6. The second-order valence-corrected chi connectivity index (χ2v) is 3.58. The first-order chi connectivity index (χ1) is 6.79. The first-order valence-electron chi connectivity index (χ1n) is 5.34. The fourth-order valence-corrected chi connectivity index (χ4v) is 1.93. The zero-order valence-corrected chi connectivity index (χ0v) is 8.87. The summed E-state index contributed by atoms with van der Waals surface area (Å²) in [7, 11) is 0. The Hall–Kier alpha value is -0.990. The lowest BCUT2D eigenvalue weighted by atomic mass is 10.2. The van der Waals surface area contributed by atoms with Crippen LogP contribution in [0.4, 0.5) is 4.79 Å². The summed E-state index contributed by atoms with van der Waals surface area (Å²) in [5.41, 5.74) is 0. The van der Waals surface area contributed by atoms with Crippen molar-refractivity contribution in [2.24, 2.45) is 0 Å². The van der Waals surface area contributed by atoms with Crippen molar-refractivity contribution >= 4 is 6.09 Å². The highest BCUT2D eigenvalue weighted by atomic mass is 16.6. The third-order valence-corrected chi connectivity index (χ3v) is 2.59. The average Bonchev–Trinajstić information content (AvgIpc) is 2.67. The molecule has 0 aromatic rings. The Bertz CT molecular complexity index is 197. The van der Waals surface area contributed by atoms with Gasteiger partial charge in [0.05, 0.1) is 6.61 Å². The molecule has 0 N–H and O–H groups in total. The van der Waals surface area contributed by atoms with Crippen LogP contribution in [0.3, 0.4) is 0 Å².